The molecule has 0 aromatic heterocycles. The molecular formula is C12H20BrN3. The van der Waals surface area contributed by atoms with Crippen molar-refractivity contribution in [2.45, 2.75) is 19.4 Å². The topological polar surface area (TPSA) is 41.3 Å². The fourth-order valence-corrected chi connectivity index (χ4v) is 1.68. The molecule has 0 fully saturated rings. The van der Waals surface area contributed by atoms with Crippen LogP contribution in [0.4, 0.5) is 11.4 Å². The predicted molar refractivity (Wildman–Crippen MR) is 74.8 cm³/mol. The minimum Gasteiger partial charge on any atom is -0.399 e. The van der Waals surface area contributed by atoms with E-state index in [9.17, 15) is 0 Å². The number of nitrogens with one attached hydrogen (secondary N) is 1. The number of nitrogen functional groups attached to an aromatic ring is 1. The molecule has 0 saturated heterocycles. The van der Waals surface area contributed by atoms with Crippen molar-refractivity contribution < 1.29 is 0 Å². The molecule has 0 atom stereocenters. The summed E-state index contributed by atoms with van der Waals surface area (Å²) in [5.74, 6) is 0. The van der Waals surface area contributed by atoms with Crippen LogP contribution in [0.1, 0.15) is 13.8 Å². The first kappa shape index (κ1) is 13.3. The molecule has 1 aromatic carbocycles. The maximum atomic E-state index is 5.69. The molecule has 0 unspecified atom stereocenters. The van der Waals surface area contributed by atoms with Gasteiger partial charge in [-0.1, -0.05) is 0 Å². The van der Waals surface area contributed by atoms with Crippen LogP contribution in [0, 0.1) is 0 Å². The molecule has 0 saturated carbocycles. The Balaban J connectivity index is 2.68. The van der Waals surface area contributed by atoms with Gasteiger partial charge in [0.1, 0.15) is 0 Å². The van der Waals surface area contributed by atoms with Crippen LogP contribution in [0.25, 0.3) is 0 Å². The molecule has 3 nitrogen and oxygen atoms in total. The van der Waals surface area contributed by atoms with Gasteiger partial charge in [-0.15, -0.1) is 0 Å². The zero-order valence-corrected chi connectivity index (χ0v) is 11.9. The molecule has 0 aliphatic heterocycles. The first-order valence-corrected chi connectivity index (χ1v) is 6.08. The smallest absolute Gasteiger partial charge is 0.0486 e. The van der Waals surface area contributed by atoms with Gasteiger partial charge < -0.3 is 16.0 Å². The minimum atomic E-state index is 0.112. The lowest BCUT2D eigenvalue weighted by atomic mass is 10.0. The average molecular weight is 286 g/mol. The lowest BCUT2D eigenvalue weighted by Gasteiger charge is -2.33. The van der Waals surface area contributed by atoms with Crippen LogP contribution in [0.5, 0.6) is 0 Å². The quantitative estimate of drug-likeness (QED) is 0.836. The van der Waals surface area contributed by atoms with Gasteiger partial charge in [0.05, 0.1) is 0 Å². The second kappa shape index (κ2) is 5.06. The van der Waals surface area contributed by atoms with Crippen LogP contribution in [-0.2, 0) is 0 Å². The van der Waals surface area contributed by atoms with Gasteiger partial charge in [-0.3, -0.25) is 0 Å². The molecule has 4 heteroatoms. The van der Waals surface area contributed by atoms with Gasteiger partial charge in [0.15, 0.2) is 0 Å². The van der Waals surface area contributed by atoms with Crippen LogP contribution < -0.4 is 11.1 Å². The molecule has 0 radical (unpaired) electrons. The Morgan fingerprint density at radius 3 is 2.50 bits per heavy atom. The Morgan fingerprint density at radius 2 is 2.00 bits per heavy atom. The third kappa shape index (κ3) is 3.39. The molecule has 0 amide bonds. The van der Waals surface area contributed by atoms with E-state index in [4.69, 9.17) is 5.73 Å². The molecule has 0 spiro atoms. The largest absolute Gasteiger partial charge is 0.399 e. The Morgan fingerprint density at radius 1 is 1.38 bits per heavy atom. The molecule has 0 aliphatic rings. The van der Waals surface area contributed by atoms with Crippen LogP contribution in [-0.4, -0.2) is 31.1 Å². The monoisotopic (exact) mass is 285 g/mol. The van der Waals surface area contributed by atoms with E-state index in [1.54, 1.807) is 0 Å². The van der Waals surface area contributed by atoms with Crippen molar-refractivity contribution in [1.29, 1.82) is 0 Å². The normalized spacial score (nSPS) is 11.9. The zero-order valence-electron chi connectivity index (χ0n) is 10.3. The van der Waals surface area contributed by atoms with Crippen molar-refractivity contribution in [3.8, 4) is 0 Å². The fraction of sp³-hybridized carbons (Fsp3) is 0.500. The Bertz CT molecular complexity index is 361. The van der Waals surface area contributed by atoms with Crippen LogP contribution in [0.15, 0.2) is 22.7 Å². The number of nitrogens with two attached hydrogens (primary N) is 1. The van der Waals surface area contributed by atoms with Gasteiger partial charge in [0.2, 0.25) is 0 Å². The second-order valence-electron chi connectivity index (χ2n) is 4.80. The number of hydrogen-bond acceptors (Lipinski definition) is 3. The Hall–Kier alpha value is -0.740. The highest BCUT2D eigenvalue weighted by Crippen LogP contribution is 2.25. The van der Waals surface area contributed by atoms with Crippen molar-refractivity contribution in [3.05, 3.63) is 22.7 Å². The van der Waals surface area contributed by atoms with Crippen molar-refractivity contribution in [1.82, 2.24) is 4.90 Å². The van der Waals surface area contributed by atoms with E-state index in [1.165, 1.54) is 0 Å². The highest BCUT2D eigenvalue weighted by molar-refractivity contribution is 9.10. The number of likely N-dealkylation sites (N-methyl/N-ethyl adjacent to an activating group) is 1. The van der Waals surface area contributed by atoms with E-state index >= 15 is 0 Å². The van der Waals surface area contributed by atoms with Gasteiger partial charge in [0, 0.05) is 27.9 Å². The van der Waals surface area contributed by atoms with Crippen molar-refractivity contribution >= 4 is 27.3 Å². The molecule has 1 rings (SSSR count). The van der Waals surface area contributed by atoms with E-state index in [1.807, 2.05) is 18.2 Å². The van der Waals surface area contributed by atoms with Gasteiger partial charge in [0.25, 0.3) is 0 Å². The SMILES string of the molecule is CN(C)C(C)(C)CNc1ccc(N)cc1Br. The maximum absolute atomic E-state index is 5.69. The van der Waals surface area contributed by atoms with Crippen LogP contribution in [0.3, 0.4) is 0 Å². The molecule has 3 N–H and O–H groups in total. The van der Waals surface area contributed by atoms with Crippen molar-refractivity contribution in [3.63, 3.8) is 0 Å². The first-order valence-electron chi connectivity index (χ1n) is 5.29. The maximum Gasteiger partial charge on any atom is 0.0486 e. The number of rotatable bonds is 4. The highest BCUT2D eigenvalue weighted by Gasteiger charge is 2.20. The van der Waals surface area contributed by atoms with Gasteiger partial charge in [-0.25, -0.2) is 0 Å². The third-order valence-corrected chi connectivity index (χ3v) is 3.57. The highest BCUT2D eigenvalue weighted by atomic mass is 79.9. The number of nitrogens with zero attached hydrogens (tertiary/aromatic N) is 1. The lowest BCUT2D eigenvalue weighted by Crippen LogP contribution is -2.44. The van der Waals surface area contributed by atoms with E-state index < -0.39 is 0 Å². The van der Waals surface area contributed by atoms with Gasteiger partial charge in [-0.05, 0) is 62.1 Å². The summed E-state index contributed by atoms with van der Waals surface area (Å²) in [4.78, 5) is 2.20. The second-order valence-corrected chi connectivity index (χ2v) is 5.65. The van der Waals surface area contributed by atoms with Gasteiger partial charge >= 0.3 is 0 Å². The zero-order chi connectivity index (χ0) is 12.3. The van der Waals surface area contributed by atoms with Crippen LogP contribution in [0.2, 0.25) is 0 Å². The van der Waals surface area contributed by atoms with E-state index in [2.05, 4.69) is 54.1 Å². The first-order chi connectivity index (χ1) is 7.33. The summed E-state index contributed by atoms with van der Waals surface area (Å²) >= 11 is 3.50. The van der Waals surface area contributed by atoms with Crippen molar-refractivity contribution in [2.24, 2.45) is 0 Å². The Labute approximate surface area is 106 Å². The molecule has 16 heavy (non-hydrogen) atoms. The van der Waals surface area contributed by atoms with Gasteiger partial charge in [-0.2, -0.15) is 0 Å². The number of anilines is 2. The Kier molecular flexibility index (Phi) is 4.21. The summed E-state index contributed by atoms with van der Waals surface area (Å²) < 4.78 is 1.00. The summed E-state index contributed by atoms with van der Waals surface area (Å²) in [6.45, 7) is 5.28. The van der Waals surface area contributed by atoms with E-state index in [0.29, 0.717) is 0 Å². The molecule has 0 aliphatic carbocycles. The molecular weight excluding hydrogens is 266 g/mol. The predicted octanol–water partition coefficient (Wildman–Crippen LogP) is 2.78. The third-order valence-electron chi connectivity index (χ3n) is 2.92. The number of benzene rings is 1. The summed E-state index contributed by atoms with van der Waals surface area (Å²) in [5, 5.41) is 3.42. The standard InChI is InChI=1S/C12H20BrN3/c1-12(2,16(3)4)8-15-11-6-5-9(14)7-10(11)13/h5-7,15H,8,14H2,1-4H3. The summed E-state index contributed by atoms with van der Waals surface area (Å²) in [6, 6.07) is 5.80. The molecule has 1 aromatic rings. The molecule has 0 heterocycles. The number of hydrogen-bond donors (Lipinski definition) is 2. The number of halogens is 1. The summed E-state index contributed by atoms with van der Waals surface area (Å²) in [7, 11) is 4.17. The minimum absolute atomic E-state index is 0.112. The lowest BCUT2D eigenvalue weighted by molar-refractivity contribution is 0.210. The molecule has 0 bridgehead atoms. The van der Waals surface area contributed by atoms with E-state index in [0.717, 1.165) is 22.4 Å². The summed E-state index contributed by atoms with van der Waals surface area (Å²) in [6.07, 6.45) is 0. The fourth-order valence-electron chi connectivity index (χ4n) is 1.14. The average Bonchev–Trinajstić information content (AvgIpc) is 2.16. The molecule has 90 valence electrons. The summed E-state index contributed by atoms with van der Waals surface area (Å²) in [5.41, 5.74) is 7.64. The van der Waals surface area contributed by atoms with E-state index in [-0.39, 0.29) is 5.54 Å². The van der Waals surface area contributed by atoms with Crippen molar-refractivity contribution in [2.75, 3.05) is 31.7 Å². The van der Waals surface area contributed by atoms with Crippen LogP contribution >= 0.6 is 15.9 Å².